The molecule has 7 unspecified atom stereocenters. The van der Waals surface area contributed by atoms with Gasteiger partial charge in [-0.1, -0.05) is 71.4 Å². The van der Waals surface area contributed by atoms with Gasteiger partial charge in [0.15, 0.2) is 0 Å². The monoisotopic (exact) mass is 758 g/mol. The highest BCUT2D eigenvalue weighted by atomic mass is 16.5. The number of benzene rings is 1. The molecular weight excluding hydrogens is 692 g/mol. The number of amides is 4. The van der Waals surface area contributed by atoms with Crippen LogP contribution < -0.4 is 10.6 Å². The molecule has 2 fully saturated rings. The first-order valence-electron chi connectivity index (χ1n) is 19.5. The Morgan fingerprint density at radius 3 is 2.17 bits per heavy atom. The van der Waals surface area contributed by atoms with Crippen LogP contribution in [0.25, 0.3) is 0 Å². The molecule has 0 saturated carbocycles. The molecule has 0 spiro atoms. The normalized spacial score (nSPS) is 20.3. The van der Waals surface area contributed by atoms with E-state index in [1.807, 2.05) is 58.0 Å². The molecule has 0 aromatic heterocycles. The first-order chi connectivity index (χ1) is 25.7. The fourth-order valence-corrected chi connectivity index (χ4v) is 8.26. The highest BCUT2D eigenvalue weighted by Gasteiger charge is 2.43. The molecule has 8 atom stereocenters. The zero-order valence-electron chi connectivity index (χ0n) is 34.0. The zero-order chi connectivity index (χ0) is 40.1. The van der Waals surface area contributed by atoms with Crippen molar-refractivity contribution in [1.29, 1.82) is 0 Å². The summed E-state index contributed by atoms with van der Waals surface area (Å²) >= 11 is 0. The minimum Gasteiger partial charge on any atom is -0.480 e. The third-order valence-corrected chi connectivity index (χ3v) is 11.5. The number of nitrogens with zero attached hydrogens (tertiary/aromatic N) is 4. The molecule has 3 N–H and O–H groups in total. The van der Waals surface area contributed by atoms with Crippen molar-refractivity contribution in [1.82, 2.24) is 30.2 Å². The summed E-state index contributed by atoms with van der Waals surface area (Å²) in [5.41, 5.74) is 0.805. The van der Waals surface area contributed by atoms with E-state index in [4.69, 9.17) is 9.47 Å². The highest BCUT2D eigenvalue weighted by Crippen LogP contribution is 2.30. The van der Waals surface area contributed by atoms with Crippen molar-refractivity contribution in [2.75, 3.05) is 67.6 Å². The summed E-state index contributed by atoms with van der Waals surface area (Å²) in [7, 11) is 6.25. The van der Waals surface area contributed by atoms with Crippen LogP contribution in [0.2, 0.25) is 0 Å². The lowest BCUT2D eigenvalue weighted by Crippen LogP contribution is -2.57. The van der Waals surface area contributed by atoms with Gasteiger partial charge in [0, 0.05) is 67.5 Å². The summed E-state index contributed by atoms with van der Waals surface area (Å²) in [6, 6.07) is 6.91. The third-order valence-electron chi connectivity index (χ3n) is 11.5. The summed E-state index contributed by atoms with van der Waals surface area (Å²) in [6.07, 6.45) is 0.915. The Hall–Kier alpha value is -3.59. The van der Waals surface area contributed by atoms with Crippen LogP contribution in [0.4, 0.5) is 0 Å². The standard InChI is InChI=1S/C40H66N6O8/c1-10-27(4)36(44(7)34(48)25-42-38(49)35(26(2)3)45-21-18-41-19-22-45)32(53-8)24-33(47)46-20-14-17-30(46)37(54-9)28(5)39(50)43(6)31(40(51)52)23-29-15-12-11-13-16-29/h11-13,15-16,26-28,30-32,35-37,41H,10,14,17-25H2,1-9H3,(H,42,49)(H,51,52)/t27?,28?,30?,31?,32?,35?,36-,37?/m0/s1. The summed E-state index contributed by atoms with van der Waals surface area (Å²) in [5, 5.41) is 16.3. The van der Waals surface area contributed by atoms with E-state index < -0.39 is 42.2 Å². The van der Waals surface area contributed by atoms with Crippen molar-refractivity contribution in [2.45, 2.75) is 103 Å². The van der Waals surface area contributed by atoms with Gasteiger partial charge in [0.1, 0.15) is 6.04 Å². The van der Waals surface area contributed by atoms with E-state index in [9.17, 15) is 29.1 Å². The van der Waals surface area contributed by atoms with Crippen molar-refractivity contribution in [2.24, 2.45) is 17.8 Å². The predicted octanol–water partition coefficient (Wildman–Crippen LogP) is 2.11. The molecule has 1 aromatic carbocycles. The van der Waals surface area contributed by atoms with Crippen LogP contribution in [-0.4, -0.2) is 158 Å². The van der Waals surface area contributed by atoms with Gasteiger partial charge in [0.2, 0.25) is 23.6 Å². The van der Waals surface area contributed by atoms with Crippen LogP contribution in [0.5, 0.6) is 0 Å². The third kappa shape index (κ3) is 11.5. The molecule has 14 heteroatoms. The Kier molecular flexibility index (Phi) is 17.8. The molecule has 2 saturated heterocycles. The quantitative estimate of drug-likeness (QED) is 0.180. The van der Waals surface area contributed by atoms with Gasteiger partial charge in [-0.05, 0) is 30.2 Å². The number of likely N-dealkylation sites (tertiary alicyclic amines) is 1. The van der Waals surface area contributed by atoms with Crippen LogP contribution in [0.3, 0.4) is 0 Å². The second kappa shape index (κ2) is 21.5. The van der Waals surface area contributed by atoms with E-state index >= 15 is 0 Å². The van der Waals surface area contributed by atoms with E-state index in [1.165, 1.54) is 19.1 Å². The van der Waals surface area contributed by atoms with Gasteiger partial charge in [-0.2, -0.15) is 0 Å². The maximum absolute atomic E-state index is 14.1. The smallest absolute Gasteiger partial charge is 0.326 e. The first kappa shape index (κ1) is 44.8. The Balaban J connectivity index is 1.71. The molecular formula is C40H66N6O8. The highest BCUT2D eigenvalue weighted by molar-refractivity contribution is 5.88. The number of hydrogen-bond donors (Lipinski definition) is 3. The minimum atomic E-state index is -1.10. The van der Waals surface area contributed by atoms with E-state index in [0.29, 0.717) is 19.4 Å². The molecule has 304 valence electrons. The first-order valence-corrected chi connectivity index (χ1v) is 19.5. The number of nitrogens with one attached hydrogen (secondary N) is 2. The molecule has 0 radical (unpaired) electrons. The number of carbonyl (C=O) groups excluding carboxylic acids is 4. The summed E-state index contributed by atoms with van der Waals surface area (Å²) in [6.45, 7) is 13.2. The Morgan fingerprint density at radius 1 is 0.963 bits per heavy atom. The summed E-state index contributed by atoms with van der Waals surface area (Å²) in [4.78, 5) is 74.0. The fourth-order valence-electron chi connectivity index (χ4n) is 8.26. The second-order valence-corrected chi connectivity index (χ2v) is 15.3. The lowest BCUT2D eigenvalue weighted by atomic mass is 9.90. The second-order valence-electron chi connectivity index (χ2n) is 15.3. The Morgan fingerprint density at radius 2 is 1.61 bits per heavy atom. The van der Waals surface area contributed by atoms with E-state index in [-0.39, 0.29) is 60.9 Å². The topological polar surface area (TPSA) is 161 Å². The maximum Gasteiger partial charge on any atom is 0.326 e. The van der Waals surface area contributed by atoms with E-state index in [0.717, 1.165) is 38.2 Å². The Bertz CT molecular complexity index is 1380. The number of carbonyl (C=O) groups is 5. The average Bonchev–Trinajstić information content (AvgIpc) is 3.65. The predicted molar refractivity (Wildman–Crippen MR) is 207 cm³/mol. The van der Waals surface area contributed by atoms with Gasteiger partial charge in [-0.25, -0.2) is 4.79 Å². The number of hydrogen-bond acceptors (Lipinski definition) is 9. The van der Waals surface area contributed by atoms with Gasteiger partial charge >= 0.3 is 5.97 Å². The van der Waals surface area contributed by atoms with Crippen molar-refractivity contribution in [3.05, 3.63) is 35.9 Å². The molecule has 3 rings (SSSR count). The van der Waals surface area contributed by atoms with Gasteiger partial charge in [0.25, 0.3) is 0 Å². The number of rotatable bonds is 20. The largest absolute Gasteiger partial charge is 0.480 e. The fraction of sp³-hybridized carbons (Fsp3) is 0.725. The van der Waals surface area contributed by atoms with Gasteiger partial charge < -0.3 is 39.9 Å². The van der Waals surface area contributed by atoms with Crippen molar-refractivity contribution in [3.8, 4) is 0 Å². The Labute approximate surface area is 322 Å². The molecule has 2 heterocycles. The van der Waals surface area contributed by atoms with Gasteiger partial charge in [-0.3, -0.25) is 24.1 Å². The SMILES string of the molecule is CCC(C)[C@@H](C(CC(=O)N1CCCC1C(OC)C(C)C(=O)N(C)C(Cc1ccccc1)C(=O)O)OC)N(C)C(=O)CNC(=O)C(C(C)C)N1CCNCC1. The molecule has 0 aliphatic carbocycles. The van der Waals surface area contributed by atoms with Crippen molar-refractivity contribution in [3.63, 3.8) is 0 Å². The van der Waals surface area contributed by atoms with Crippen molar-refractivity contribution >= 4 is 29.6 Å². The van der Waals surface area contributed by atoms with Crippen LogP contribution >= 0.6 is 0 Å². The van der Waals surface area contributed by atoms with Crippen molar-refractivity contribution < 1.29 is 38.6 Å². The van der Waals surface area contributed by atoms with Crippen LogP contribution in [-0.2, 0) is 39.9 Å². The molecule has 14 nitrogen and oxygen atoms in total. The summed E-state index contributed by atoms with van der Waals surface area (Å²) in [5.74, 6) is -2.78. The molecule has 0 bridgehead atoms. The number of piperazine rings is 1. The summed E-state index contributed by atoms with van der Waals surface area (Å²) < 4.78 is 11.9. The van der Waals surface area contributed by atoms with Gasteiger partial charge in [0.05, 0.1) is 49.2 Å². The molecule has 2 aliphatic heterocycles. The molecule has 4 amide bonds. The molecule has 54 heavy (non-hydrogen) atoms. The number of carboxylic acid groups (broad SMARTS) is 1. The number of aliphatic carboxylic acids is 1. The zero-order valence-corrected chi connectivity index (χ0v) is 34.0. The number of carboxylic acids is 1. The van der Waals surface area contributed by atoms with Gasteiger partial charge in [-0.15, -0.1) is 0 Å². The number of methoxy groups -OCH3 is 2. The molecule has 2 aliphatic rings. The lowest BCUT2D eigenvalue weighted by Gasteiger charge is -2.40. The van der Waals surface area contributed by atoms with Crippen LogP contribution in [0.1, 0.15) is 65.9 Å². The van der Waals surface area contributed by atoms with Crippen LogP contribution in [0.15, 0.2) is 30.3 Å². The lowest BCUT2D eigenvalue weighted by molar-refractivity contribution is -0.154. The minimum absolute atomic E-state index is 0.00122. The number of likely N-dealkylation sites (N-methyl/N-ethyl adjacent to an activating group) is 2. The van der Waals surface area contributed by atoms with E-state index in [1.54, 1.807) is 30.9 Å². The number of ether oxygens (including phenoxy) is 2. The van der Waals surface area contributed by atoms with E-state index in [2.05, 4.69) is 15.5 Å². The maximum atomic E-state index is 14.1. The molecule has 1 aromatic rings. The van der Waals surface area contributed by atoms with Crippen LogP contribution in [0, 0.1) is 17.8 Å². The average molecular weight is 759 g/mol.